The van der Waals surface area contributed by atoms with Gasteiger partial charge in [0, 0.05) is 18.6 Å². The Morgan fingerprint density at radius 1 is 1.26 bits per heavy atom. The molecule has 0 atom stereocenters. The number of nitrogens with zero attached hydrogens (tertiary/aromatic N) is 4. The van der Waals surface area contributed by atoms with Crippen molar-refractivity contribution in [3.05, 3.63) is 28.5 Å². The first-order chi connectivity index (χ1) is 8.95. The van der Waals surface area contributed by atoms with E-state index in [4.69, 9.17) is 10.5 Å². The van der Waals surface area contributed by atoms with Crippen molar-refractivity contribution in [1.29, 1.82) is 0 Å². The lowest BCUT2D eigenvalue weighted by Gasteiger charge is -2.11. The van der Waals surface area contributed by atoms with Gasteiger partial charge in [0.05, 0.1) is 0 Å². The highest BCUT2D eigenvalue weighted by molar-refractivity contribution is 9.10. The van der Waals surface area contributed by atoms with Crippen LogP contribution in [0.15, 0.2) is 22.7 Å². The topological polar surface area (TPSA) is 77.2 Å². The average molecular weight is 328 g/mol. The summed E-state index contributed by atoms with van der Waals surface area (Å²) in [7, 11) is 3.50. The van der Waals surface area contributed by atoms with Crippen molar-refractivity contribution in [3.63, 3.8) is 0 Å². The first-order valence-electron chi connectivity index (χ1n) is 5.27. The number of nitrogens with two attached hydrogens (primary N) is 1. The van der Waals surface area contributed by atoms with Gasteiger partial charge in [-0.05, 0) is 18.2 Å². The molecule has 0 unspecified atom stereocenters. The molecular weight excluding hydrogens is 317 g/mol. The smallest absolute Gasteiger partial charge is 0.328 e. The molecule has 19 heavy (non-hydrogen) atoms. The van der Waals surface area contributed by atoms with Crippen LogP contribution in [0.1, 0.15) is 0 Å². The predicted molar refractivity (Wildman–Crippen MR) is 72.7 cm³/mol. The highest BCUT2D eigenvalue weighted by Gasteiger charge is 2.11. The first kappa shape index (κ1) is 13.5. The number of halogens is 2. The van der Waals surface area contributed by atoms with Gasteiger partial charge < -0.3 is 15.4 Å². The SMILES string of the molecule is CN(C)c1nc(N)nc(Oc2cc(Br)ccc2F)n1. The zero-order valence-corrected chi connectivity index (χ0v) is 11.8. The van der Waals surface area contributed by atoms with E-state index in [0.29, 0.717) is 10.4 Å². The fraction of sp³-hybridized carbons (Fsp3) is 0.182. The largest absolute Gasteiger partial charge is 0.421 e. The van der Waals surface area contributed by atoms with Crippen LogP contribution in [-0.2, 0) is 0 Å². The lowest BCUT2D eigenvalue weighted by Crippen LogP contribution is -2.15. The Balaban J connectivity index is 2.35. The molecule has 0 aliphatic rings. The molecular formula is C11H11BrFN5O. The maximum absolute atomic E-state index is 13.6. The highest BCUT2D eigenvalue weighted by Crippen LogP contribution is 2.26. The average Bonchev–Trinajstić information content (AvgIpc) is 2.33. The summed E-state index contributed by atoms with van der Waals surface area (Å²) in [4.78, 5) is 13.4. The Kier molecular flexibility index (Phi) is 3.79. The van der Waals surface area contributed by atoms with Gasteiger partial charge in [-0.25, -0.2) is 4.39 Å². The third-order valence-electron chi connectivity index (χ3n) is 2.11. The predicted octanol–water partition coefficient (Wildman–Crippen LogP) is 2.21. The molecule has 0 bridgehead atoms. The molecule has 0 spiro atoms. The molecule has 2 rings (SSSR count). The van der Waals surface area contributed by atoms with Crippen LogP contribution in [-0.4, -0.2) is 29.0 Å². The van der Waals surface area contributed by atoms with Crippen LogP contribution in [0.4, 0.5) is 16.3 Å². The van der Waals surface area contributed by atoms with Gasteiger partial charge in [0.15, 0.2) is 11.6 Å². The first-order valence-corrected chi connectivity index (χ1v) is 6.07. The molecule has 1 aromatic carbocycles. The van der Waals surface area contributed by atoms with E-state index in [2.05, 4.69) is 30.9 Å². The molecule has 0 radical (unpaired) electrons. The van der Waals surface area contributed by atoms with E-state index in [1.54, 1.807) is 25.1 Å². The molecule has 0 aliphatic carbocycles. The van der Waals surface area contributed by atoms with Crippen molar-refractivity contribution < 1.29 is 9.13 Å². The van der Waals surface area contributed by atoms with E-state index in [1.807, 2.05) is 0 Å². The van der Waals surface area contributed by atoms with E-state index in [9.17, 15) is 4.39 Å². The molecule has 0 amide bonds. The molecule has 100 valence electrons. The molecule has 0 aliphatic heterocycles. The van der Waals surface area contributed by atoms with Gasteiger partial charge in [0.25, 0.3) is 0 Å². The molecule has 0 saturated carbocycles. The second-order valence-electron chi connectivity index (χ2n) is 3.85. The minimum absolute atomic E-state index is 0.00380. The van der Waals surface area contributed by atoms with Gasteiger partial charge >= 0.3 is 6.01 Å². The standard InChI is InChI=1S/C11H11BrFN5O/c1-18(2)10-15-9(14)16-11(17-10)19-8-5-6(12)3-4-7(8)13/h3-5H,1-2H3,(H2,14,15,16,17). The van der Waals surface area contributed by atoms with E-state index < -0.39 is 5.82 Å². The number of rotatable bonds is 3. The van der Waals surface area contributed by atoms with Gasteiger partial charge in [0.2, 0.25) is 11.9 Å². The van der Waals surface area contributed by atoms with E-state index in [0.717, 1.165) is 0 Å². The normalized spacial score (nSPS) is 10.3. The Bertz CT molecular complexity index is 608. The van der Waals surface area contributed by atoms with Crippen LogP contribution >= 0.6 is 15.9 Å². The summed E-state index contributed by atoms with van der Waals surface area (Å²) < 4.78 is 19.5. The van der Waals surface area contributed by atoms with Crippen molar-refractivity contribution in [2.45, 2.75) is 0 Å². The zero-order chi connectivity index (χ0) is 14.0. The molecule has 6 nitrogen and oxygen atoms in total. The van der Waals surface area contributed by atoms with Crippen molar-refractivity contribution in [2.75, 3.05) is 24.7 Å². The number of ether oxygens (including phenoxy) is 1. The number of nitrogen functional groups attached to an aromatic ring is 1. The number of benzene rings is 1. The number of anilines is 2. The monoisotopic (exact) mass is 327 g/mol. The Labute approximate surface area is 117 Å². The fourth-order valence-electron chi connectivity index (χ4n) is 1.26. The van der Waals surface area contributed by atoms with Crippen molar-refractivity contribution in [2.24, 2.45) is 0 Å². The Morgan fingerprint density at radius 3 is 2.68 bits per heavy atom. The summed E-state index contributed by atoms with van der Waals surface area (Å²) >= 11 is 3.23. The third-order valence-corrected chi connectivity index (χ3v) is 2.61. The van der Waals surface area contributed by atoms with E-state index >= 15 is 0 Å². The van der Waals surface area contributed by atoms with Crippen LogP contribution < -0.4 is 15.4 Å². The molecule has 2 N–H and O–H groups in total. The zero-order valence-electron chi connectivity index (χ0n) is 10.3. The minimum atomic E-state index is -0.520. The number of hydrogen-bond donors (Lipinski definition) is 1. The number of aromatic nitrogens is 3. The van der Waals surface area contributed by atoms with Crippen LogP contribution in [0.5, 0.6) is 11.8 Å². The second kappa shape index (κ2) is 5.35. The summed E-state index contributed by atoms with van der Waals surface area (Å²) in [5.74, 6) is -0.180. The van der Waals surface area contributed by atoms with Crippen LogP contribution in [0.3, 0.4) is 0 Å². The van der Waals surface area contributed by atoms with Crippen molar-refractivity contribution >= 4 is 27.8 Å². The van der Waals surface area contributed by atoms with Gasteiger partial charge in [0.1, 0.15) is 0 Å². The maximum Gasteiger partial charge on any atom is 0.328 e. The maximum atomic E-state index is 13.6. The summed E-state index contributed by atoms with van der Waals surface area (Å²) in [5.41, 5.74) is 5.55. The molecule has 0 fully saturated rings. The molecule has 2 aromatic rings. The summed E-state index contributed by atoms with van der Waals surface area (Å²) in [6.07, 6.45) is 0. The summed E-state index contributed by atoms with van der Waals surface area (Å²) in [5, 5.41) is 0. The minimum Gasteiger partial charge on any atom is -0.421 e. The summed E-state index contributed by atoms with van der Waals surface area (Å²) in [6.45, 7) is 0. The van der Waals surface area contributed by atoms with E-state index in [1.165, 1.54) is 12.1 Å². The highest BCUT2D eigenvalue weighted by atomic mass is 79.9. The third kappa shape index (κ3) is 3.28. The van der Waals surface area contributed by atoms with Crippen LogP contribution in [0, 0.1) is 5.82 Å². The molecule has 8 heteroatoms. The van der Waals surface area contributed by atoms with Crippen molar-refractivity contribution in [1.82, 2.24) is 15.0 Å². The van der Waals surface area contributed by atoms with Gasteiger partial charge in [-0.3, -0.25) is 0 Å². The van der Waals surface area contributed by atoms with Gasteiger partial charge in [-0.1, -0.05) is 15.9 Å². The number of hydrogen-bond acceptors (Lipinski definition) is 6. The lowest BCUT2D eigenvalue weighted by molar-refractivity contribution is 0.410. The van der Waals surface area contributed by atoms with Gasteiger partial charge in [-0.15, -0.1) is 0 Å². The Hall–Kier alpha value is -1.96. The van der Waals surface area contributed by atoms with Gasteiger partial charge in [-0.2, -0.15) is 15.0 Å². The van der Waals surface area contributed by atoms with Crippen molar-refractivity contribution in [3.8, 4) is 11.8 Å². The molecule has 1 aromatic heterocycles. The van der Waals surface area contributed by atoms with E-state index in [-0.39, 0.29) is 17.7 Å². The van der Waals surface area contributed by atoms with Crippen LogP contribution in [0.2, 0.25) is 0 Å². The summed E-state index contributed by atoms with van der Waals surface area (Å²) in [6, 6.07) is 4.25. The quantitative estimate of drug-likeness (QED) is 0.931. The Morgan fingerprint density at radius 2 is 2.00 bits per heavy atom. The van der Waals surface area contributed by atoms with Crippen LogP contribution in [0.25, 0.3) is 0 Å². The molecule has 0 saturated heterocycles. The lowest BCUT2D eigenvalue weighted by atomic mass is 10.3. The second-order valence-corrected chi connectivity index (χ2v) is 4.76. The fourth-order valence-corrected chi connectivity index (χ4v) is 1.60. The molecule has 1 heterocycles.